The number of methoxy groups -OCH3 is 1. The largest absolute Gasteiger partial charge is 0.380 e. The van der Waals surface area contributed by atoms with E-state index in [9.17, 15) is 0 Å². The predicted molar refractivity (Wildman–Crippen MR) is 71.3 cm³/mol. The fourth-order valence-corrected chi connectivity index (χ4v) is 3.55. The second kappa shape index (κ2) is 6.72. The molecule has 3 heteroatoms. The Labute approximate surface area is 106 Å². The van der Waals surface area contributed by atoms with E-state index in [1.54, 1.807) is 0 Å². The quantitative estimate of drug-likeness (QED) is 0.812. The lowest BCUT2D eigenvalue weighted by atomic mass is 9.88. The molecule has 2 aliphatic rings. The molecule has 1 saturated carbocycles. The second-order valence-corrected chi connectivity index (χ2v) is 5.66. The van der Waals surface area contributed by atoms with Gasteiger partial charge in [0, 0.05) is 13.2 Å². The zero-order chi connectivity index (χ0) is 12.1. The molecule has 1 heterocycles. The van der Waals surface area contributed by atoms with Gasteiger partial charge in [-0.25, -0.2) is 0 Å². The van der Waals surface area contributed by atoms with Crippen LogP contribution < -0.4 is 5.32 Å². The van der Waals surface area contributed by atoms with E-state index < -0.39 is 0 Å². The lowest BCUT2D eigenvalue weighted by Crippen LogP contribution is -2.50. The molecule has 0 amide bonds. The number of rotatable bonds is 4. The van der Waals surface area contributed by atoms with E-state index in [4.69, 9.17) is 4.74 Å². The molecule has 1 aliphatic carbocycles. The first-order valence-corrected chi connectivity index (χ1v) is 7.26. The van der Waals surface area contributed by atoms with Gasteiger partial charge >= 0.3 is 0 Å². The predicted octanol–water partition coefficient (Wildman–Crippen LogP) is 1.88. The maximum Gasteiger partial charge on any atom is 0.0726 e. The summed E-state index contributed by atoms with van der Waals surface area (Å²) in [6.45, 7) is 3.74. The molecule has 0 radical (unpaired) electrons. The molecule has 0 bridgehead atoms. The van der Waals surface area contributed by atoms with Crippen molar-refractivity contribution >= 4 is 0 Å². The van der Waals surface area contributed by atoms with Gasteiger partial charge in [-0.3, -0.25) is 4.90 Å². The molecule has 0 aromatic heterocycles. The highest BCUT2D eigenvalue weighted by Gasteiger charge is 2.32. The summed E-state index contributed by atoms with van der Waals surface area (Å²) in [5.41, 5.74) is 0. The van der Waals surface area contributed by atoms with E-state index in [1.807, 2.05) is 7.11 Å². The van der Waals surface area contributed by atoms with Crippen molar-refractivity contribution in [1.29, 1.82) is 0 Å². The van der Waals surface area contributed by atoms with Gasteiger partial charge in [-0.05, 0) is 58.3 Å². The fraction of sp³-hybridized carbons (Fsp3) is 1.00. The van der Waals surface area contributed by atoms with Gasteiger partial charge in [-0.15, -0.1) is 0 Å². The maximum absolute atomic E-state index is 5.68. The highest BCUT2D eigenvalue weighted by atomic mass is 16.5. The monoisotopic (exact) mass is 240 g/mol. The van der Waals surface area contributed by atoms with Gasteiger partial charge in [-0.2, -0.15) is 0 Å². The van der Waals surface area contributed by atoms with Gasteiger partial charge in [0.05, 0.1) is 6.10 Å². The van der Waals surface area contributed by atoms with Gasteiger partial charge in [0.15, 0.2) is 0 Å². The molecule has 2 atom stereocenters. The molecule has 2 fully saturated rings. The summed E-state index contributed by atoms with van der Waals surface area (Å²) >= 11 is 0. The van der Waals surface area contributed by atoms with Crippen molar-refractivity contribution in [1.82, 2.24) is 10.2 Å². The van der Waals surface area contributed by atoms with Crippen molar-refractivity contribution in [3.8, 4) is 0 Å². The molecule has 17 heavy (non-hydrogen) atoms. The van der Waals surface area contributed by atoms with Crippen LogP contribution in [0.2, 0.25) is 0 Å². The molecule has 2 rings (SSSR count). The van der Waals surface area contributed by atoms with Crippen molar-refractivity contribution in [2.45, 2.75) is 50.7 Å². The highest BCUT2D eigenvalue weighted by molar-refractivity contribution is 4.87. The summed E-state index contributed by atoms with van der Waals surface area (Å²) in [6, 6.07) is 0.698. The normalized spacial score (nSPS) is 32.8. The Morgan fingerprint density at radius 2 is 1.82 bits per heavy atom. The van der Waals surface area contributed by atoms with E-state index in [0.717, 1.165) is 5.92 Å². The van der Waals surface area contributed by atoms with Gasteiger partial charge < -0.3 is 10.1 Å². The molecular weight excluding hydrogens is 212 g/mol. The second-order valence-electron chi connectivity index (χ2n) is 5.66. The third-order valence-corrected chi connectivity index (χ3v) is 4.58. The van der Waals surface area contributed by atoms with Crippen LogP contribution in [0.4, 0.5) is 0 Å². The molecule has 0 aromatic carbocycles. The standard InChI is InChI=1S/C14H28N2O/c1-15-11-12-7-9-16(10-8-12)13-5-3-4-6-14(13)17-2/h12-15H,3-11H2,1-2H3. The molecule has 0 spiro atoms. The minimum absolute atomic E-state index is 0.490. The average molecular weight is 240 g/mol. The summed E-state index contributed by atoms with van der Waals surface area (Å²) in [5, 5.41) is 3.31. The van der Waals surface area contributed by atoms with E-state index in [1.165, 1.54) is 58.2 Å². The van der Waals surface area contributed by atoms with Crippen LogP contribution in [0.1, 0.15) is 38.5 Å². The number of hydrogen-bond donors (Lipinski definition) is 1. The summed E-state index contributed by atoms with van der Waals surface area (Å²) in [5.74, 6) is 0.890. The van der Waals surface area contributed by atoms with E-state index in [-0.39, 0.29) is 0 Å². The SMILES string of the molecule is CNCC1CCN(C2CCCCC2OC)CC1. The minimum Gasteiger partial charge on any atom is -0.380 e. The van der Waals surface area contributed by atoms with Crippen LogP contribution in [0.15, 0.2) is 0 Å². The fourth-order valence-electron chi connectivity index (χ4n) is 3.55. The first-order valence-electron chi connectivity index (χ1n) is 7.26. The summed E-state index contributed by atoms with van der Waals surface area (Å²) in [6.07, 6.45) is 8.55. The zero-order valence-corrected chi connectivity index (χ0v) is 11.5. The number of likely N-dealkylation sites (tertiary alicyclic amines) is 1. The Morgan fingerprint density at radius 3 is 2.47 bits per heavy atom. The minimum atomic E-state index is 0.490. The van der Waals surface area contributed by atoms with Crippen LogP contribution in [-0.4, -0.2) is 50.8 Å². The van der Waals surface area contributed by atoms with Gasteiger partial charge in [0.2, 0.25) is 0 Å². The molecule has 1 aliphatic heterocycles. The highest BCUT2D eigenvalue weighted by Crippen LogP contribution is 2.28. The summed E-state index contributed by atoms with van der Waals surface area (Å²) in [7, 11) is 3.95. The first kappa shape index (κ1) is 13.3. The topological polar surface area (TPSA) is 24.5 Å². The smallest absolute Gasteiger partial charge is 0.0726 e. The Kier molecular flexibility index (Phi) is 5.26. The van der Waals surface area contributed by atoms with Gasteiger partial charge in [0.1, 0.15) is 0 Å². The maximum atomic E-state index is 5.68. The van der Waals surface area contributed by atoms with Gasteiger partial charge in [0.25, 0.3) is 0 Å². The van der Waals surface area contributed by atoms with E-state index in [0.29, 0.717) is 12.1 Å². The molecule has 2 unspecified atom stereocenters. The lowest BCUT2D eigenvalue weighted by molar-refractivity contribution is -0.0220. The van der Waals surface area contributed by atoms with Crippen molar-refractivity contribution in [2.24, 2.45) is 5.92 Å². The summed E-state index contributed by atoms with van der Waals surface area (Å²) in [4.78, 5) is 2.69. The zero-order valence-electron chi connectivity index (χ0n) is 11.5. The van der Waals surface area contributed by atoms with Crippen molar-refractivity contribution in [3.63, 3.8) is 0 Å². The first-order chi connectivity index (χ1) is 8.35. The van der Waals surface area contributed by atoms with Crippen LogP contribution >= 0.6 is 0 Å². The Hall–Kier alpha value is -0.120. The Morgan fingerprint density at radius 1 is 1.12 bits per heavy atom. The molecule has 1 N–H and O–H groups in total. The number of ether oxygens (including phenoxy) is 1. The molecule has 0 aromatic rings. The third-order valence-electron chi connectivity index (χ3n) is 4.58. The number of nitrogens with one attached hydrogen (secondary N) is 1. The molecule has 3 nitrogen and oxygen atoms in total. The van der Waals surface area contributed by atoms with Crippen LogP contribution in [-0.2, 0) is 4.74 Å². The number of piperidine rings is 1. The van der Waals surface area contributed by atoms with Crippen LogP contribution in [0, 0.1) is 5.92 Å². The molecule has 100 valence electrons. The van der Waals surface area contributed by atoms with Crippen molar-refractivity contribution in [3.05, 3.63) is 0 Å². The Balaban J connectivity index is 1.82. The van der Waals surface area contributed by atoms with E-state index in [2.05, 4.69) is 17.3 Å². The van der Waals surface area contributed by atoms with Gasteiger partial charge in [-0.1, -0.05) is 12.8 Å². The van der Waals surface area contributed by atoms with Crippen molar-refractivity contribution < 1.29 is 4.74 Å². The third kappa shape index (κ3) is 3.43. The number of nitrogens with zero attached hydrogens (tertiary/aromatic N) is 1. The molecule has 1 saturated heterocycles. The van der Waals surface area contributed by atoms with Crippen LogP contribution in [0.25, 0.3) is 0 Å². The van der Waals surface area contributed by atoms with Crippen LogP contribution in [0.5, 0.6) is 0 Å². The lowest BCUT2D eigenvalue weighted by Gasteiger charge is -2.42. The average Bonchev–Trinajstić information content (AvgIpc) is 2.40. The number of hydrogen-bond acceptors (Lipinski definition) is 3. The summed E-state index contributed by atoms with van der Waals surface area (Å²) < 4.78 is 5.68. The molecular formula is C14H28N2O. The Bertz CT molecular complexity index is 214. The van der Waals surface area contributed by atoms with E-state index >= 15 is 0 Å². The van der Waals surface area contributed by atoms with Crippen molar-refractivity contribution in [2.75, 3.05) is 33.8 Å². The van der Waals surface area contributed by atoms with Crippen LogP contribution in [0.3, 0.4) is 0 Å².